The molecule has 10 nitrogen and oxygen atoms in total. The highest BCUT2D eigenvalue weighted by atomic mass is 15.3. The van der Waals surface area contributed by atoms with Crippen molar-refractivity contribution < 1.29 is 0 Å². The summed E-state index contributed by atoms with van der Waals surface area (Å²) < 4.78 is 0. The summed E-state index contributed by atoms with van der Waals surface area (Å²) in [5, 5.41) is 0. The van der Waals surface area contributed by atoms with Gasteiger partial charge in [0.05, 0.1) is 26.2 Å². The largest absolute Gasteiger partial charge is 0.359 e. The van der Waals surface area contributed by atoms with E-state index in [9.17, 15) is 0 Å². The lowest BCUT2D eigenvalue weighted by atomic mass is 10.1. The van der Waals surface area contributed by atoms with Crippen molar-refractivity contribution in [2.24, 2.45) is 20.0 Å². The molecule has 0 aromatic rings. The van der Waals surface area contributed by atoms with E-state index in [1.807, 2.05) is 0 Å². The normalized spacial score (nSPS) is 15.6. The van der Waals surface area contributed by atoms with Crippen LogP contribution >= 0.6 is 0 Å². The fourth-order valence-electron chi connectivity index (χ4n) is 16.1. The number of nitrogens with zero attached hydrogens (tertiary/aromatic N) is 10. The van der Waals surface area contributed by atoms with Gasteiger partial charge in [0.15, 0.2) is 0 Å². The van der Waals surface area contributed by atoms with E-state index in [4.69, 9.17) is 20.0 Å². The average molecular weight is 1450 g/mol. The third-order valence-corrected chi connectivity index (χ3v) is 22.9. The summed E-state index contributed by atoms with van der Waals surface area (Å²) >= 11 is 0. The topological polar surface area (TPSA) is 68.9 Å². The molecular weight excluding hydrogens is 1270 g/mol. The van der Waals surface area contributed by atoms with Crippen LogP contribution in [0.5, 0.6) is 0 Å². The van der Waals surface area contributed by atoms with Crippen LogP contribution in [0.15, 0.2) is 68.6 Å². The molecule has 10 heteroatoms. The molecule has 0 bridgehead atoms. The van der Waals surface area contributed by atoms with Crippen LogP contribution in [0.1, 0.15) is 413 Å². The maximum Gasteiger partial charge on any atom is 0.113 e. The van der Waals surface area contributed by atoms with Crippen LogP contribution in [0.4, 0.5) is 0 Å². The third-order valence-electron chi connectivity index (χ3n) is 22.9. The summed E-state index contributed by atoms with van der Waals surface area (Å²) in [5.41, 5.74) is 0. The lowest BCUT2D eigenvalue weighted by molar-refractivity contribution is 0.238. The van der Waals surface area contributed by atoms with Crippen molar-refractivity contribution in [2.75, 3.05) is 118 Å². The number of aliphatic imine (C=N–C) groups is 4. The van der Waals surface area contributed by atoms with Crippen molar-refractivity contribution in [3.05, 3.63) is 48.6 Å². The van der Waals surface area contributed by atoms with Crippen molar-refractivity contribution in [1.29, 1.82) is 0 Å². The first-order valence-corrected chi connectivity index (χ1v) is 46.8. The molecule has 0 aromatic heterocycles. The smallest absolute Gasteiger partial charge is 0.113 e. The molecule has 0 saturated carbocycles. The average Bonchev–Trinajstić information content (AvgIpc) is 0.858. The van der Waals surface area contributed by atoms with Gasteiger partial charge in [0, 0.05) is 91.6 Å². The standard InChI is InChI=1S/C94H176N10/c1-5-9-13-17-21-25-29-33-37-41-45-49-53-57-61-65-77-101-81-69-73-95-91(101)87-99(88-92-96-74-70-82-102(92)78-66-62-58-54-50-46-42-38-34-30-26-22-18-14-10-6-2)85-86-100(89-93-97-75-71-83-103(93)79-67-63-59-55-51-47-43-39-35-31-27-23-19-15-11-7-3)90-94-98-76-72-84-104(94)80-68-64-60-56-52-48-44-40-36-32-28-24-20-16-12-8-4/h33-40H,5-32,41-90H2,1-4H3/b37-33-,38-34-,39-35-,40-36-. The number of rotatable bonds is 75. The highest BCUT2D eigenvalue weighted by Crippen LogP contribution is 2.20. The van der Waals surface area contributed by atoms with E-state index in [1.165, 1.54) is 409 Å². The van der Waals surface area contributed by atoms with Crippen molar-refractivity contribution in [3.8, 4) is 0 Å². The Bertz CT molecular complexity index is 1850. The molecule has 0 unspecified atom stereocenters. The Morgan fingerprint density at radius 1 is 0.221 bits per heavy atom. The molecule has 0 aliphatic carbocycles. The minimum absolute atomic E-state index is 0.910. The number of allylic oxidation sites excluding steroid dienone is 8. The van der Waals surface area contributed by atoms with E-state index in [2.05, 4.69) is 106 Å². The van der Waals surface area contributed by atoms with Crippen molar-refractivity contribution >= 4 is 23.3 Å². The Balaban J connectivity index is 1.40. The molecule has 0 spiro atoms. The monoisotopic (exact) mass is 1450 g/mol. The first kappa shape index (κ1) is 93.1. The minimum atomic E-state index is 0.910. The second-order valence-corrected chi connectivity index (χ2v) is 32.7. The fraction of sp³-hybridized carbons (Fsp3) is 0.872. The molecule has 0 amide bonds. The Kier molecular flexibility index (Phi) is 63.9. The van der Waals surface area contributed by atoms with Crippen LogP contribution < -0.4 is 0 Å². The van der Waals surface area contributed by atoms with Crippen LogP contribution in [0.3, 0.4) is 0 Å². The second-order valence-electron chi connectivity index (χ2n) is 32.7. The van der Waals surface area contributed by atoms with Crippen LogP contribution in [-0.2, 0) is 0 Å². The van der Waals surface area contributed by atoms with E-state index in [1.54, 1.807) is 0 Å². The summed E-state index contributed by atoms with van der Waals surface area (Å²) in [7, 11) is 0. The lowest BCUT2D eigenvalue weighted by Crippen LogP contribution is -2.52. The zero-order valence-corrected chi connectivity index (χ0v) is 70.2. The van der Waals surface area contributed by atoms with Gasteiger partial charge in [0.2, 0.25) is 0 Å². The zero-order chi connectivity index (χ0) is 73.4. The molecule has 0 atom stereocenters. The van der Waals surface area contributed by atoms with Crippen molar-refractivity contribution in [1.82, 2.24) is 29.4 Å². The first-order valence-electron chi connectivity index (χ1n) is 46.8. The van der Waals surface area contributed by atoms with Gasteiger partial charge in [-0.05, 0) is 154 Å². The van der Waals surface area contributed by atoms with Crippen LogP contribution in [0.2, 0.25) is 0 Å². The molecule has 4 aliphatic heterocycles. The quantitative estimate of drug-likeness (QED) is 0.0446. The predicted molar refractivity (Wildman–Crippen MR) is 465 cm³/mol. The molecule has 4 rings (SSSR count). The number of unbranched alkanes of at least 4 members (excludes halogenated alkanes) is 48. The van der Waals surface area contributed by atoms with E-state index < -0.39 is 0 Å². The van der Waals surface area contributed by atoms with Crippen molar-refractivity contribution in [2.45, 2.75) is 413 Å². The molecule has 0 radical (unpaired) electrons. The SMILES string of the molecule is CCCCCCCC/C=C\CCCCCCCCN1CCCN=C1CN(CCN(CC1=NCCCN1CCCCCCCC/C=C\CCCCCCCC)CC1=NCCCN1CCCCCCCC/C=C\CCCCCCCC)CC1=NCCCN1CCCCCCCC/C=C\CCCCCCCC. The number of hydrogen-bond acceptors (Lipinski definition) is 10. The maximum absolute atomic E-state index is 5.44. The summed E-state index contributed by atoms with van der Waals surface area (Å²) in [6, 6.07) is 0. The van der Waals surface area contributed by atoms with E-state index in [0.29, 0.717) is 0 Å². The van der Waals surface area contributed by atoms with E-state index in [-0.39, 0.29) is 0 Å². The molecular formula is C94H176N10. The summed E-state index contributed by atoms with van der Waals surface area (Å²) in [5.74, 6) is 5.35. The van der Waals surface area contributed by atoms with Crippen molar-refractivity contribution in [3.63, 3.8) is 0 Å². The maximum atomic E-state index is 5.44. The number of hydrogen-bond donors (Lipinski definition) is 0. The van der Waals surface area contributed by atoms with Gasteiger partial charge < -0.3 is 19.6 Å². The van der Waals surface area contributed by atoms with Gasteiger partial charge in [-0.3, -0.25) is 29.8 Å². The van der Waals surface area contributed by atoms with E-state index >= 15 is 0 Å². The molecule has 0 aromatic carbocycles. The molecule has 0 N–H and O–H groups in total. The fourth-order valence-corrected chi connectivity index (χ4v) is 16.1. The first-order chi connectivity index (χ1) is 51.6. The predicted octanol–water partition coefficient (Wildman–Crippen LogP) is 26.2. The van der Waals surface area contributed by atoms with Gasteiger partial charge in [0.1, 0.15) is 23.3 Å². The minimum Gasteiger partial charge on any atom is -0.359 e. The molecule has 104 heavy (non-hydrogen) atoms. The Morgan fingerprint density at radius 3 is 0.567 bits per heavy atom. The van der Waals surface area contributed by atoms with Gasteiger partial charge in [-0.1, -0.05) is 307 Å². The van der Waals surface area contributed by atoms with Gasteiger partial charge in [-0.25, -0.2) is 0 Å². The lowest BCUT2D eigenvalue weighted by Gasteiger charge is -2.38. The Morgan fingerprint density at radius 2 is 0.385 bits per heavy atom. The summed E-state index contributed by atoms with van der Waals surface area (Å²) in [4.78, 5) is 38.2. The number of amidine groups is 4. The molecule has 602 valence electrons. The second kappa shape index (κ2) is 71.4. The van der Waals surface area contributed by atoms with Crippen LogP contribution in [-0.4, -0.2) is 171 Å². The van der Waals surface area contributed by atoms with Gasteiger partial charge >= 0.3 is 0 Å². The zero-order valence-electron chi connectivity index (χ0n) is 70.2. The molecule has 4 heterocycles. The van der Waals surface area contributed by atoms with E-state index in [0.717, 1.165) is 118 Å². The van der Waals surface area contributed by atoms with Crippen LogP contribution in [0, 0.1) is 0 Å². The van der Waals surface area contributed by atoms with Gasteiger partial charge in [-0.15, -0.1) is 0 Å². The molecule has 4 aliphatic rings. The molecule has 0 fully saturated rings. The highest BCUT2D eigenvalue weighted by molar-refractivity contribution is 5.89. The Labute approximate surface area is 648 Å². The molecule has 0 saturated heterocycles. The highest BCUT2D eigenvalue weighted by Gasteiger charge is 2.27. The van der Waals surface area contributed by atoms with Crippen LogP contribution in [0.25, 0.3) is 0 Å². The summed E-state index contributed by atoms with van der Waals surface area (Å²) in [6.07, 6.45) is 100. The summed E-state index contributed by atoms with van der Waals surface area (Å²) in [6.45, 7) is 27.9. The van der Waals surface area contributed by atoms with Gasteiger partial charge in [0.25, 0.3) is 0 Å². The third kappa shape index (κ3) is 52.8. The Hall–Kier alpha value is -3.24. The van der Waals surface area contributed by atoms with Gasteiger partial charge in [-0.2, -0.15) is 0 Å².